The molecule has 6 heteroatoms. The number of nitrogens with two attached hydrogens (primary N) is 1. The van der Waals surface area contributed by atoms with Crippen molar-refractivity contribution < 1.29 is 13.2 Å². The van der Waals surface area contributed by atoms with Crippen molar-refractivity contribution in [2.24, 2.45) is 23.5 Å². The number of fused-ring (bicyclic) bond motifs is 2. The van der Waals surface area contributed by atoms with Gasteiger partial charge in [0, 0.05) is 30.3 Å². The third-order valence-corrected chi connectivity index (χ3v) is 7.06. The zero-order valence-electron chi connectivity index (χ0n) is 14.3. The van der Waals surface area contributed by atoms with Crippen LogP contribution in [0.3, 0.4) is 0 Å². The first kappa shape index (κ1) is 17.2. The highest BCUT2D eigenvalue weighted by Crippen LogP contribution is 2.43. The van der Waals surface area contributed by atoms with Crippen molar-refractivity contribution in [2.45, 2.75) is 70.0 Å². The molecular formula is C17H30N2O3S. The predicted octanol–water partition coefficient (Wildman–Crippen LogP) is 1.56. The Morgan fingerprint density at radius 1 is 1.17 bits per heavy atom. The monoisotopic (exact) mass is 342 g/mol. The van der Waals surface area contributed by atoms with Gasteiger partial charge in [-0.05, 0) is 57.3 Å². The molecule has 0 spiro atoms. The molecule has 0 radical (unpaired) electrons. The summed E-state index contributed by atoms with van der Waals surface area (Å²) in [6, 6.07) is 0.297. The molecule has 0 aliphatic heterocycles. The highest BCUT2D eigenvalue weighted by molar-refractivity contribution is 7.90. The number of carbonyl (C=O) groups excluding carboxylic acids is 1. The minimum absolute atomic E-state index is 0.0488. The Balaban J connectivity index is 1.71. The van der Waals surface area contributed by atoms with Crippen molar-refractivity contribution in [3.05, 3.63) is 0 Å². The Morgan fingerprint density at radius 2 is 1.74 bits per heavy atom. The minimum Gasteiger partial charge on any atom is -0.336 e. The number of hydrogen-bond donors (Lipinski definition) is 1. The Kier molecular flexibility index (Phi) is 4.76. The van der Waals surface area contributed by atoms with E-state index in [0.717, 1.165) is 38.5 Å². The summed E-state index contributed by atoms with van der Waals surface area (Å²) in [5, 5.41) is 0. The fourth-order valence-electron chi connectivity index (χ4n) is 4.83. The molecule has 3 fully saturated rings. The van der Waals surface area contributed by atoms with Crippen LogP contribution in [0.15, 0.2) is 0 Å². The van der Waals surface area contributed by atoms with Gasteiger partial charge in [0.25, 0.3) is 0 Å². The highest BCUT2D eigenvalue weighted by Gasteiger charge is 2.45. The summed E-state index contributed by atoms with van der Waals surface area (Å²) < 4.78 is 23.3. The normalized spacial score (nSPS) is 35.6. The van der Waals surface area contributed by atoms with E-state index in [1.807, 2.05) is 11.8 Å². The van der Waals surface area contributed by atoms with Crippen LogP contribution in [-0.2, 0) is 14.6 Å². The van der Waals surface area contributed by atoms with Gasteiger partial charge >= 0.3 is 0 Å². The zero-order valence-corrected chi connectivity index (χ0v) is 15.1. The number of nitrogens with zero attached hydrogens (tertiary/aromatic N) is 1. The van der Waals surface area contributed by atoms with Crippen LogP contribution in [0.4, 0.5) is 0 Å². The van der Waals surface area contributed by atoms with Gasteiger partial charge < -0.3 is 10.6 Å². The molecular weight excluding hydrogens is 312 g/mol. The number of sulfone groups is 1. The van der Waals surface area contributed by atoms with E-state index < -0.39 is 9.84 Å². The molecule has 3 atom stereocenters. The van der Waals surface area contributed by atoms with E-state index in [1.54, 1.807) is 0 Å². The summed E-state index contributed by atoms with van der Waals surface area (Å²) in [4.78, 5) is 15.0. The molecule has 0 aromatic carbocycles. The van der Waals surface area contributed by atoms with Crippen molar-refractivity contribution >= 4 is 15.7 Å². The molecule has 3 aliphatic carbocycles. The number of amides is 1. The smallest absolute Gasteiger partial charge is 0.226 e. The fraction of sp³-hybridized carbons (Fsp3) is 0.941. The van der Waals surface area contributed by atoms with Crippen molar-refractivity contribution in [1.29, 1.82) is 0 Å². The molecule has 0 saturated heterocycles. The van der Waals surface area contributed by atoms with Gasteiger partial charge in [0.05, 0.1) is 5.75 Å². The molecule has 3 unspecified atom stereocenters. The first-order valence-corrected chi connectivity index (χ1v) is 11.1. The van der Waals surface area contributed by atoms with Crippen LogP contribution in [0.2, 0.25) is 0 Å². The van der Waals surface area contributed by atoms with E-state index in [1.165, 1.54) is 12.7 Å². The lowest BCUT2D eigenvalue weighted by Crippen LogP contribution is -2.52. The molecule has 5 nitrogen and oxygen atoms in total. The summed E-state index contributed by atoms with van der Waals surface area (Å²) in [7, 11) is -3.08. The molecule has 0 aromatic rings. The van der Waals surface area contributed by atoms with Gasteiger partial charge in [0.1, 0.15) is 9.84 Å². The quantitative estimate of drug-likeness (QED) is 0.822. The molecule has 3 aliphatic rings. The molecule has 3 rings (SSSR count). The molecule has 0 heterocycles. The van der Waals surface area contributed by atoms with Crippen LogP contribution in [0.1, 0.15) is 51.9 Å². The van der Waals surface area contributed by atoms with Gasteiger partial charge in [-0.25, -0.2) is 8.42 Å². The zero-order chi connectivity index (χ0) is 16.8. The highest BCUT2D eigenvalue weighted by atomic mass is 32.2. The van der Waals surface area contributed by atoms with Gasteiger partial charge in [-0.3, -0.25) is 4.79 Å². The second kappa shape index (κ2) is 6.36. The second-order valence-corrected chi connectivity index (χ2v) is 10.3. The fourth-order valence-corrected chi connectivity index (χ4v) is 5.87. The Hall–Kier alpha value is -0.620. The summed E-state index contributed by atoms with van der Waals surface area (Å²) >= 11 is 0. The summed E-state index contributed by atoms with van der Waals surface area (Å²) in [6.07, 6.45) is 8.59. The number of hydrogen-bond acceptors (Lipinski definition) is 4. The number of carbonyl (C=O) groups is 1. The number of rotatable bonds is 5. The van der Waals surface area contributed by atoms with E-state index >= 15 is 0 Å². The first-order valence-electron chi connectivity index (χ1n) is 9.01. The standard InChI is InChI=1S/C17H30N2O3S/c1-11(10-23(2,21)22)19(15-6-7-15)17(20)14-8-12-4-3-5-13(9-14)16(12)18/h11-16H,3-10,18H2,1-2H3. The van der Waals surface area contributed by atoms with Crippen LogP contribution in [-0.4, -0.2) is 49.4 Å². The van der Waals surface area contributed by atoms with Crippen molar-refractivity contribution in [3.63, 3.8) is 0 Å². The molecule has 132 valence electrons. The maximum Gasteiger partial charge on any atom is 0.226 e. The summed E-state index contributed by atoms with van der Waals surface area (Å²) in [5.41, 5.74) is 6.33. The summed E-state index contributed by atoms with van der Waals surface area (Å²) in [5.74, 6) is 1.25. The largest absolute Gasteiger partial charge is 0.336 e. The summed E-state index contributed by atoms with van der Waals surface area (Å²) in [6.45, 7) is 1.88. The maximum atomic E-state index is 13.1. The van der Waals surface area contributed by atoms with Crippen molar-refractivity contribution in [2.75, 3.05) is 12.0 Å². The van der Waals surface area contributed by atoms with Crippen LogP contribution in [0.25, 0.3) is 0 Å². The molecule has 2 bridgehead atoms. The first-order chi connectivity index (χ1) is 10.8. The Morgan fingerprint density at radius 3 is 2.22 bits per heavy atom. The topological polar surface area (TPSA) is 80.5 Å². The van der Waals surface area contributed by atoms with E-state index in [9.17, 15) is 13.2 Å². The third kappa shape index (κ3) is 3.90. The van der Waals surface area contributed by atoms with E-state index in [0.29, 0.717) is 11.8 Å². The van der Waals surface area contributed by atoms with Crippen molar-refractivity contribution in [1.82, 2.24) is 4.90 Å². The minimum atomic E-state index is -3.08. The van der Waals surface area contributed by atoms with E-state index in [-0.39, 0.29) is 35.7 Å². The van der Waals surface area contributed by atoms with Crippen LogP contribution >= 0.6 is 0 Å². The maximum absolute atomic E-state index is 13.1. The SMILES string of the molecule is CC(CS(C)(=O)=O)N(C(=O)C1CC2CCCC(C1)C2N)C1CC1. The third-order valence-electron chi connectivity index (χ3n) is 5.98. The molecule has 0 aromatic heterocycles. The van der Waals surface area contributed by atoms with Gasteiger partial charge in [0.15, 0.2) is 0 Å². The molecule has 2 N–H and O–H groups in total. The van der Waals surface area contributed by atoms with Crippen molar-refractivity contribution in [3.8, 4) is 0 Å². The molecule has 23 heavy (non-hydrogen) atoms. The van der Waals surface area contributed by atoms with Crippen LogP contribution in [0.5, 0.6) is 0 Å². The molecule has 1 amide bonds. The Bertz CT molecular complexity index is 544. The van der Waals surface area contributed by atoms with E-state index in [4.69, 9.17) is 5.73 Å². The second-order valence-electron chi connectivity index (χ2n) is 8.11. The average molecular weight is 343 g/mol. The van der Waals surface area contributed by atoms with Gasteiger partial charge in [-0.15, -0.1) is 0 Å². The van der Waals surface area contributed by atoms with Gasteiger partial charge in [-0.2, -0.15) is 0 Å². The van der Waals surface area contributed by atoms with Crippen LogP contribution in [0, 0.1) is 17.8 Å². The van der Waals surface area contributed by atoms with E-state index in [2.05, 4.69) is 0 Å². The van der Waals surface area contributed by atoms with Gasteiger partial charge in [-0.1, -0.05) is 6.42 Å². The average Bonchev–Trinajstić information content (AvgIpc) is 3.20. The van der Waals surface area contributed by atoms with Gasteiger partial charge in [0.2, 0.25) is 5.91 Å². The predicted molar refractivity (Wildman–Crippen MR) is 90.6 cm³/mol. The Labute approximate surface area is 139 Å². The lowest BCUT2D eigenvalue weighted by atomic mass is 9.65. The molecule has 3 saturated carbocycles. The lowest BCUT2D eigenvalue weighted by molar-refractivity contribution is -0.141. The van der Waals surface area contributed by atoms with Crippen LogP contribution < -0.4 is 5.73 Å². The lowest BCUT2D eigenvalue weighted by Gasteiger charge is -2.45.